The zero-order chi connectivity index (χ0) is 9.26. The minimum atomic E-state index is 0.511. The molecule has 0 saturated carbocycles. The van der Waals surface area contributed by atoms with Gasteiger partial charge in [-0.15, -0.1) is 11.3 Å². The summed E-state index contributed by atoms with van der Waals surface area (Å²) in [7, 11) is 0. The number of benzene rings is 1. The molecule has 0 radical (unpaired) electrons. The average Bonchev–Trinajstić information content (AvgIpc) is 2.50. The van der Waals surface area contributed by atoms with E-state index in [1.807, 2.05) is 12.1 Å². The van der Waals surface area contributed by atoms with E-state index < -0.39 is 0 Å². The maximum atomic E-state index is 8.64. The van der Waals surface area contributed by atoms with E-state index in [2.05, 4.69) is 24.4 Å². The summed E-state index contributed by atoms with van der Waals surface area (Å²) in [6.07, 6.45) is 0.511. The summed E-state index contributed by atoms with van der Waals surface area (Å²) in [5.74, 6) is 0. The first-order chi connectivity index (χ1) is 6.33. The van der Waals surface area contributed by atoms with E-state index in [9.17, 15) is 0 Å². The van der Waals surface area contributed by atoms with Gasteiger partial charge in [-0.05, 0) is 28.8 Å². The lowest BCUT2D eigenvalue weighted by Crippen LogP contribution is -1.80. The highest BCUT2D eigenvalue weighted by molar-refractivity contribution is 7.17. The molecule has 0 bridgehead atoms. The van der Waals surface area contributed by atoms with Gasteiger partial charge in [0.2, 0.25) is 0 Å². The van der Waals surface area contributed by atoms with Gasteiger partial charge in [-0.1, -0.05) is 18.2 Å². The summed E-state index contributed by atoms with van der Waals surface area (Å²) in [5.41, 5.74) is 2.46. The van der Waals surface area contributed by atoms with Gasteiger partial charge >= 0.3 is 0 Å². The van der Waals surface area contributed by atoms with E-state index in [0.29, 0.717) is 6.42 Å². The highest BCUT2D eigenvalue weighted by Crippen LogP contribution is 2.28. The summed E-state index contributed by atoms with van der Waals surface area (Å²) in [6, 6.07) is 8.36. The van der Waals surface area contributed by atoms with Crippen molar-refractivity contribution in [1.82, 2.24) is 0 Å². The highest BCUT2D eigenvalue weighted by atomic mass is 32.1. The van der Waals surface area contributed by atoms with Gasteiger partial charge < -0.3 is 0 Å². The molecule has 1 heterocycles. The Labute approximate surface area is 81.2 Å². The molecule has 0 unspecified atom stereocenters. The molecule has 0 spiro atoms. The van der Waals surface area contributed by atoms with Gasteiger partial charge in [-0.2, -0.15) is 5.26 Å². The second kappa shape index (κ2) is 3.20. The SMILES string of the molecule is Cc1csc2c(CC#N)cccc12. The molecule has 0 fully saturated rings. The predicted molar refractivity (Wildman–Crippen MR) is 55.9 cm³/mol. The number of nitriles is 1. The number of hydrogen-bond donors (Lipinski definition) is 0. The second-order valence-corrected chi connectivity index (χ2v) is 3.93. The van der Waals surface area contributed by atoms with Crippen LogP contribution in [0.25, 0.3) is 10.1 Å². The van der Waals surface area contributed by atoms with Crippen molar-refractivity contribution >= 4 is 21.4 Å². The van der Waals surface area contributed by atoms with Crippen LogP contribution in [0.1, 0.15) is 11.1 Å². The van der Waals surface area contributed by atoms with Crippen LogP contribution in [0.2, 0.25) is 0 Å². The Hall–Kier alpha value is -1.33. The topological polar surface area (TPSA) is 23.8 Å². The van der Waals surface area contributed by atoms with Crippen molar-refractivity contribution in [2.75, 3.05) is 0 Å². The molecule has 0 aliphatic carbocycles. The Bertz CT molecular complexity index is 476. The van der Waals surface area contributed by atoms with E-state index in [1.165, 1.54) is 15.6 Å². The third-order valence-electron chi connectivity index (χ3n) is 2.14. The molecule has 0 atom stereocenters. The minimum Gasteiger partial charge on any atom is -0.198 e. The summed E-state index contributed by atoms with van der Waals surface area (Å²) in [4.78, 5) is 0. The fraction of sp³-hybridized carbons (Fsp3) is 0.182. The molecule has 2 aromatic rings. The monoisotopic (exact) mass is 187 g/mol. The lowest BCUT2D eigenvalue weighted by atomic mass is 10.1. The molecule has 1 aromatic carbocycles. The number of thiophene rings is 1. The van der Waals surface area contributed by atoms with Crippen molar-refractivity contribution in [3.05, 3.63) is 34.7 Å². The van der Waals surface area contributed by atoms with E-state index in [4.69, 9.17) is 5.26 Å². The number of hydrogen-bond acceptors (Lipinski definition) is 2. The van der Waals surface area contributed by atoms with E-state index in [-0.39, 0.29) is 0 Å². The van der Waals surface area contributed by atoms with Gasteiger partial charge in [-0.25, -0.2) is 0 Å². The Kier molecular flexibility index (Phi) is 2.03. The zero-order valence-electron chi connectivity index (χ0n) is 7.37. The Morgan fingerprint density at radius 3 is 3.08 bits per heavy atom. The molecule has 0 N–H and O–H groups in total. The molecule has 0 saturated heterocycles. The van der Waals surface area contributed by atoms with Crippen LogP contribution in [0.4, 0.5) is 0 Å². The first kappa shape index (κ1) is 8.28. The van der Waals surface area contributed by atoms with Crippen LogP contribution in [0.15, 0.2) is 23.6 Å². The predicted octanol–water partition coefficient (Wildman–Crippen LogP) is 3.28. The van der Waals surface area contributed by atoms with Gasteiger partial charge in [0.25, 0.3) is 0 Å². The van der Waals surface area contributed by atoms with E-state index in [0.717, 1.165) is 5.56 Å². The smallest absolute Gasteiger partial charge is 0.0670 e. The second-order valence-electron chi connectivity index (χ2n) is 3.05. The van der Waals surface area contributed by atoms with Crippen LogP contribution >= 0.6 is 11.3 Å². The Morgan fingerprint density at radius 2 is 2.31 bits per heavy atom. The van der Waals surface area contributed by atoms with Crippen LogP contribution in [0.5, 0.6) is 0 Å². The number of fused-ring (bicyclic) bond motifs is 1. The molecule has 0 aliphatic heterocycles. The maximum absolute atomic E-state index is 8.64. The molecule has 1 aromatic heterocycles. The maximum Gasteiger partial charge on any atom is 0.0670 e. The van der Waals surface area contributed by atoms with Gasteiger partial charge in [0.1, 0.15) is 0 Å². The van der Waals surface area contributed by atoms with Crippen LogP contribution in [-0.2, 0) is 6.42 Å². The number of nitrogens with zero attached hydrogens (tertiary/aromatic N) is 1. The van der Waals surface area contributed by atoms with Crippen LogP contribution in [0.3, 0.4) is 0 Å². The molecule has 1 nitrogen and oxygen atoms in total. The molecule has 2 heteroatoms. The van der Waals surface area contributed by atoms with Gasteiger partial charge in [0.05, 0.1) is 12.5 Å². The molecule has 2 rings (SSSR count). The molecule has 0 amide bonds. The van der Waals surface area contributed by atoms with Crippen molar-refractivity contribution in [1.29, 1.82) is 5.26 Å². The average molecular weight is 187 g/mol. The van der Waals surface area contributed by atoms with Crippen molar-refractivity contribution in [3.63, 3.8) is 0 Å². The summed E-state index contributed by atoms with van der Waals surface area (Å²) in [5, 5.41) is 12.1. The third kappa shape index (κ3) is 1.32. The first-order valence-corrected chi connectivity index (χ1v) is 5.03. The minimum absolute atomic E-state index is 0.511. The van der Waals surface area contributed by atoms with Gasteiger partial charge in [0, 0.05) is 4.70 Å². The Morgan fingerprint density at radius 1 is 1.46 bits per heavy atom. The first-order valence-electron chi connectivity index (χ1n) is 4.15. The van der Waals surface area contributed by atoms with Crippen molar-refractivity contribution in [3.8, 4) is 6.07 Å². The van der Waals surface area contributed by atoms with Crippen LogP contribution < -0.4 is 0 Å². The molecule has 64 valence electrons. The van der Waals surface area contributed by atoms with E-state index >= 15 is 0 Å². The molecular weight excluding hydrogens is 178 g/mol. The molecular formula is C11H9NS. The van der Waals surface area contributed by atoms with Crippen LogP contribution in [-0.4, -0.2) is 0 Å². The fourth-order valence-corrected chi connectivity index (χ4v) is 2.54. The summed E-state index contributed by atoms with van der Waals surface area (Å²) < 4.78 is 1.27. The lowest BCUT2D eigenvalue weighted by Gasteiger charge is -1.96. The normalized spacial score (nSPS) is 10.2. The van der Waals surface area contributed by atoms with Crippen molar-refractivity contribution < 1.29 is 0 Å². The molecule has 0 aliphatic rings. The lowest BCUT2D eigenvalue weighted by molar-refractivity contribution is 1.29. The standard InChI is InChI=1S/C11H9NS/c1-8-7-13-11-9(5-6-12)3-2-4-10(8)11/h2-4,7H,5H2,1H3. The van der Waals surface area contributed by atoms with Crippen molar-refractivity contribution in [2.45, 2.75) is 13.3 Å². The molecule has 13 heavy (non-hydrogen) atoms. The summed E-state index contributed by atoms with van der Waals surface area (Å²) >= 11 is 1.73. The quantitative estimate of drug-likeness (QED) is 0.672. The van der Waals surface area contributed by atoms with E-state index in [1.54, 1.807) is 11.3 Å². The number of rotatable bonds is 1. The largest absolute Gasteiger partial charge is 0.198 e. The van der Waals surface area contributed by atoms with Crippen molar-refractivity contribution in [2.24, 2.45) is 0 Å². The zero-order valence-corrected chi connectivity index (χ0v) is 8.19. The van der Waals surface area contributed by atoms with Gasteiger partial charge in [0.15, 0.2) is 0 Å². The summed E-state index contributed by atoms with van der Waals surface area (Å²) in [6.45, 7) is 2.11. The Balaban J connectivity index is 2.71. The highest BCUT2D eigenvalue weighted by Gasteiger charge is 2.03. The fourth-order valence-electron chi connectivity index (χ4n) is 1.47. The van der Waals surface area contributed by atoms with Gasteiger partial charge in [-0.3, -0.25) is 0 Å². The van der Waals surface area contributed by atoms with Crippen LogP contribution in [0, 0.1) is 18.3 Å². The number of aryl methyl sites for hydroxylation is 1. The third-order valence-corrected chi connectivity index (χ3v) is 3.33.